The van der Waals surface area contributed by atoms with Crippen LogP contribution < -0.4 is 10.1 Å². The largest absolute Gasteiger partial charge is 0.484 e. The quantitative estimate of drug-likeness (QED) is 0.674. The molecule has 2 aromatic carbocycles. The van der Waals surface area contributed by atoms with E-state index in [0.717, 1.165) is 18.4 Å². The number of carbonyl (C=O) groups excluding carboxylic acids is 1. The van der Waals surface area contributed by atoms with Gasteiger partial charge in [-0.05, 0) is 48.1 Å². The van der Waals surface area contributed by atoms with Crippen LogP contribution in [0.2, 0.25) is 0 Å². The van der Waals surface area contributed by atoms with E-state index in [4.69, 9.17) is 9.84 Å². The second-order valence-corrected chi connectivity index (χ2v) is 6.65. The highest BCUT2D eigenvalue weighted by Gasteiger charge is 2.12. The number of carboxylic acid groups (broad SMARTS) is 1. The highest BCUT2D eigenvalue weighted by Crippen LogP contribution is 2.16. The van der Waals surface area contributed by atoms with Crippen molar-refractivity contribution < 1.29 is 19.4 Å². The van der Waals surface area contributed by atoms with E-state index in [2.05, 4.69) is 36.5 Å². The summed E-state index contributed by atoms with van der Waals surface area (Å²) in [4.78, 5) is 22.9. The van der Waals surface area contributed by atoms with Crippen LogP contribution in [0.25, 0.3) is 0 Å². The van der Waals surface area contributed by atoms with Crippen molar-refractivity contribution in [2.24, 2.45) is 5.92 Å². The Kier molecular flexibility index (Phi) is 7.86. The Labute approximate surface area is 160 Å². The molecule has 0 saturated carbocycles. The predicted molar refractivity (Wildman–Crippen MR) is 105 cm³/mol. The lowest BCUT2D eigenvalue weighted by Crippen LogP contribution is -2.30. The molecule has 5 nitrogen and oxygen atoms in total. The summed E-state index contributed by atoms with van der Waals surface area (Å²) >= 11 is 0. The van der Waals surface area contributed by atoms with Gasteiger partial charge in [-0.3, -0.25) is 9.59 Å². The van der Waals surface area contributed by atoms with Gasteiger partial charge in [-0.1, -0.05) is 50.2 Å². The molecule has 0 bridgehead atoms. The lowest BCUT2D eigenvalue weighted by Gasteiger charge is -2.10. The van der Waals surface area contributed by atoms with Crippen molar-refractivity contribution in [2.75, 3.05) is 13.2 Å². The number of aliphatic carboxylic acids is 1. The van der Waals surface area contributed by atoms with Crippen LogP contribution in [-0.2, 0) is 28.9 Å². The average molecular weight is 369 g/mol. The summed E-state index contributed by atoms with van der Waals surface area (Å²) in [6.45, 7) is 4.29. The van der Waals surface area contributed by atoms with Gasteiger partial charge in [-0.15, -0.1) is 0 Å². The van der Waals surface area contributed by atoms with E-state index in [1.54, 1.807) is 25.1 Å². The third-order valence-corrected chi connectivity index (χ3v) is 4.40. The van der Waals surface area contributed by atoms with Gasteiger partial charge in [0.25, 0.3) is 5.91 Å². The van der Waals surface area contributed by atoms with Crippen molar-refractivity contribution in [2.45, 2.75) is 33.1 Å². The fourth-order valence-electron chi connectivity index (χ4n) is 2.69. The topological polar surface area (TPSA) is 75.6 Å². The van der Waals surface area contributed by atoms with Crippen molar-refractivity contribution in [1.82, 2.24) is 5.32 Å². The minimum Gasteiger partial charge on any atom is -0.484 e. The average Bonchev–Trinajstić information content (AvgIpc) is 2.67. The smallest absolute Gasteiger partial charge is 0.306 e. The Morgan fingerprint density at radius 2 is 1.78 bits per heavy atom. The van der Waals surface area contributed by atoms with Gasteiger partial charge in [0.05, 0.1) is 5.92 Å². The van der Waals surface area contributed by atoms with Gasteiger partial charge >= 0.3 is 5.97 Å². The molecule has 2 rings (SSSR count). The fraction of sp³-hybridized carbons (Fsp3) is 0.364. The molecule has 2 aromatic rings. The maximum absolute atomic E-state index is 11.9. The van der Waals surface area contributed by atoms with Gasteiger partial charge in [0, 0.05) is 6.54 Å². The molecule has 0 saturated heterocycles. The first kappa shape index (κ1) is 20.5. The molecular formula is C22H27NO4. The lowest BCUT2D eigenvalue weighted by atomic mass is 10.0. The molecule has 1 unspecified atom stereocenters. The maximum Gasteiger partial charge on any atom is 0.306 e. The Hall–Kier alpha value is -2.82. The van der Waals surface area contributed by atoms with Gasteiger partial charge in [0.1, 0.15) is 5.75 Å². The van der Waals surface area contributed by atoms with Crippen LogP contribution in [0.5, 0.6) is 5.75 Å². The van der Waals surface area contributed by atoms with Crippen molar-refractivity contribution in [3.63, 3.8) is 0 Å². The van der Waals surface area contributed by atoms with Crippen molar-refractivity contribution in [3.05, 3.63) is 65.2 Å². The standard InChI is InChI=1S/C22H27NO4/c1-3-17-7-9-18(10-8-17)11-12-23-21(24)15-27-20-6-4-5-19(14-20)13-16(2)22(25)26/h4-10,14,16H,3,11-13,15H2,1-2H3,(H,23,24)(H,25,26). The molecule has 0 fully saturated rings. The molecule has 1 atom stereocenters. The third kappa shape index (κ3) is 7.13. The first-order valence-corrected chi connectivity index (χ1v) is 9.27. The number of carbonyl (C=O) groups is 2. The molecule has 5 heteroatoms. The number of rotatable bonds is 10. The number of hydrogen-bond acceptors (Lipinski definition) is 3. The normalized spacial score (nSPS) is 11.6. The van der Waals surface area contributed by atoms with Crippen LogP contribution in [0.4, 0.5) is 0 Å². The molecule has 2 N–H and O–H groups in total. The van der Waals surface area contributed by atoms with Gasteiger partial charge in [-0.2, -0.15) is 0 Å². The summed E-state index contributed by atoms with van der Waals surface area (Å²) in [5, 5.41) is 11.8. The lowest BCUT2D eigenvalue weighted by molar-refractivity contribution is -0.141. The molecule has 0 aromatic heterocycles. The Morgan fingerprint density at radius 3 is 2.44 bits per heavy atom. The predicted octanol–water partition coefficient (Wildman–Crippen LogP) is 3.25. The summed E-state index contributed by atoms with van der Waals surface area (Å²) in [7, 11) is 0. The van der Waals surface area contributed by atoms with Crippen molar-refractivity contribution in [3.8, 4) is 5.75 Å². The first-order valence-electron chi connectivity index (χ1n) is 9.27. The highest BCUT2D eigenvalue weighted by molar-refractivity contribution is 5.77. The monoisotopic (exact) mass is 369 g/mol. The number of nitrogens with one attached hydrogen (secondary N) is 1. The molecule has 27 heavy (non-hydrogen) atoms. The number of benzene rings is 2. The van der Waals surface area contributed by atoms with Crippen LogP contribution in [0, 0.1) is 5.92 Å². The second-order valence-electron chi connectivity index (χ2n) is 6.65. The Bertz CT molecular complexity index is 755. The summed E-state index contributed by atoms with van der Waals surface area (Å²) < 4.78 is 5.52. The summed E-state index contributed by atoms with van der Waals surface area (Å²) in [6, 6.07) is 15.6. The summed E-state index contributed by atoms with van der Waals surface area (Å²) in [6.07, 6.45) is 2.22. The van der Waals surface area contributed by atoms with Crippen molar-refractivity contribution >= 4 is 11.9 Å². The van der Waals surface area contributed by atoms with E-state index in [9.17, 15) is 9.59 Å². The Morgan fingerprint density at radius 1 is 1.07 bits per heavy atom. The molecule has 1 amide bonds. The van der Waals surface area contributed by atoms with Crippen LogP contribution in [0.3, 0.4) is 0 Å². The van der Waals surface area contributed by atoms with Crippen LogP contribution in [0.15, 0.2) is 48.5 Å². The van der Waals surface area contributed by atoms with E-state index >= 15 is 0 Å². The number of carboxylic acids is 1. The van der Waals surface area contributed by atoms with Crippen LogP contribution in [-0.4, -0.2) is 30.1 Å². The Balaban J connectivity index is 1.74. The van der Waals surface area contributed by atoms with Crippen molar-refractivity contribution in [1.29, 1.82) is 0 Å². The van der Waals surface area contributed by atoms with E-state index in [-0.39, 0.29) is 12.5 Å². The van der Waals surface area contributed by atoms with E-state index in [0.29, 0.717) is 18.7 Å². The van der Waals surface area contributed by atoms with E-state index < -0.39 is 11.9 Å². The molecule has 0 radical (unpaired) electrons. The van der Waals surface area contributed by atoms with Crippen LogP contribution in [0.1, 0.15) is 30.5 Å². The van der Waals surface area contributed by atoms with Gasteiger partial charge in [0.15, 0.2) is 6.61 Å². The zero-order valence-corrected chi connectivity index (χ0v) is 15.9. The fourth-order valence-corrected chi connectivity index (χ4v) is 2.69. The molecule has 0 aliphatic heterocycles. The minimum atomic E-state index is -0.829. The number of aryl methyl sites for hydroxylation is 1. The first-order chi connectivity index (χ1) is 13.0. The summed E-state index contributed by atoms with van der Waals surface area (Å²) in [5.74, 6) is -0.903. The maximum atomic E-state index is 11.9. The molecule has 0 aliphatic rings. The second kappa shape index (κ2) is 10.4. The third-order valence-electron chi connectivity index (χ3n) is 4.40. The van der Waals surface area contributed by atoms with E-state index in [1.807, 2.05) is 6.07 Å². The highest BCUT2D eigenvalue weighted by atomic mass is 16.5. The molecule has 0 heterocycles. The SMILES string of the molecule is CCc1ccc(CCNC(=O)COc2cccc(CC(C)C(=O)O)c2)cc1. The van der Waals surface area contributed by atoms with Crippen LogP contribution >= 0.6 is 0 Å². The number of hydrogen-bond donors (Lipinski definition) is 2. The molecule has 144 valence electrons. The molecule has 0 spiro atoms. The number of amides is 1. The zero-order valence-electron chi connectivity index (χ0n) is 15.9. The zero-order chi connectivity index (χ0) is 19.6. The molecule has 0 aliphatic carbocycles. The van der Waals surface area contributed by atoms with Gasteiger partial charge < -0.3 is 15.2 Å². The van der Waals surface area contributed by atoms with Gasteiger partial charge in [-0.25, -0.2) is 0 Å². The minimum absolute atomic E-state index is 0.0628. The van der Waals surface area contributed by atoms with E-state index in [1.165, 1.54) is 11.1 Å². The molecular weight excluding hydrogens is 342 g/mol. The number of ether oxygens (including phenoxy) is 1. The van der Waals surface area contributed by atoms with Gasteiger partial charge in [0.2, 0.25) is 0 Å². The summed E-state index contributed by atoms with van der Waals surface area (Å²) in [5.41, 5.74) is 3.36.